The number of hydrogen-bond acceptors (Lipinski definition) is 3. The molecule has 170 valence electrons. The van der Waals surface area contributed by atoms with Crippen molar-refractivity contribution in [1.82, 2.24) is 0 Å². The van der Waals surface area contributed by atoms with Crippen LogP contribution in [0.2, 0.25) is 0 Å². The van der Waals surface area contributed by atoms with Crippen LogP contribution in [-0.4, -0.2) is 15.4 Å². The monoisotopic (exact) mass is 458 g/mol. The average molecular weight is 459 g/mol. The Bertz CT molecular complexity index is 1190. The molecule has 0 saturated carbocycles. The van der Waals surface area contributed by atoms with E-state index in [1.807, 2.05) is 31.2 Å². The fourth-order valence-electron chi connectivity index (χ4n) is 3.69. The molecular formula is C29H30O3S. The van der Waals surface area contributed by atoms with Crippen LogP contribution in [0.5, 0.6) is 11.5 Å². The molecule has 1 aliphatic rings. The van der Waals surface area contributed by atoms with Crippen LogP contribution in [0, 0.1) is 6.92 Å². The number of fused-ring (bicyclic) bond motifs is 1. The second-order valence-corrected chi connectivity index (χ2v) is 8.63. The number of hydrogen-bond donors (Lipinski definition) is 1. The van der Waals surface area contributed by atoms with Crippen molar-refractivity contribution in [2.75, 3.05) is 0 Å². The number of thiocarbonyl (C=S) groups is 1. The number of aromatic hydroxyl groups is 1. The van der Waals surface area contributed by atoms with Gasteiger partial charge in [0.25, 0.3) is 0 Å². The maximum Gasteiger partial charge on any atom is 0.135 e. The molecule has 3 rings (SSSR count). The Labute approximate surface area is 201 Å². The predicted octanol–water partition coefficient (Wildman–Crippen LogP) is 6.76. The van der Waals surface area contributed by atoms with Gasteiger partial charge in [-0.15, -0.1) is 11.5 Å². The van der Waals surface area contributed by atoms with Gasteiger partial charge in [0, 0.05) is 16.7 Å². The zero-order valence-electron chi connectivity index (χ0n) is 19.2. The van der Waals surface area contributed by atoms with Crippen molar-refractivity contribution < 1.29 is 15.3 Å². The molecule has 1 aliphatic heterocycles. The zero-order chi connectivity index (χ0) is 23.1. The first-order chi connectivity index (χ1) is 15.4. The lowest BCUT2D eigenvalue weighted by molar-refractivity contribution is 0.472. The van der Waals surface area contributed by atoms with E-state index in [9.17, 15) is 5.11 Å². The molecule has 0 spiro atoms. The molecule has 0 fully saturated rings. The highest BCUT2D eigenvalue weighted by Gasteiger charge is 2.19. The molecule has 33 heavy (non-hydrogen) atoms. The first-order valence-electron chi connectivity index (χ1n) is 10.7. The maximum absolute atomic E-state index is 9.53. The van der Waals surface area contributed by atoms with Crippen molar-refractivity contribution in [2.45, 2.75) is 39.5 Å². The molecule has 0 atom stereocenters. The van der Waals surface area contributed by atoms with Crippen molar-refractivity contribution in [1.29, 1.82) is 0 Å². The van der Waals surface area contributed by atoms with Gasteiger partial charge in [-0.05, 0) is 91.4 Å². The van der Waals surface area contributed by atoms with Crippen LogP contribution in [0.4, 0.5) is 0 Å². The summed E-state index contributed by atoms with van der Waals surface area (Å²) in [4.78, 5) is 0.965. The molecule has 0 unspecified atom stereocenters. The lowest BCUT2D eigenvalue weighted by Crippen LogP contribution is -2.03. The summed E-state index contributed by atoms with van der Waals surface area (Å²) in [6.45, 7) is 11.9. The molecule has 0 saturated heterocycles. The number of benzene rings is 2. The third kappa shape index (κ3) is 6.79. The van der Waals surface area contributed by atoms with Gasteiger partial charge in [-0.1, -0.05) is 49.1 Å². The first kappa shape index (κ1) is 25.9. The Kier molecular flexibility index (Phi) is 9.42. The Morgan fingerprint density at radius 2 is 1.82 bits per heavy atom. The largest absolute Gasteiger partial charge is 0.508 e. The number of aryl methyl sites for hydroxylation is 2. The van der Waals surface area contributed by atoms with E-state index >= 15 is 0 Å². The van der Waals surface area contributed by atoms with Crippen LogP contribution in [0.25, 0.3) is 5.57 Å². The minimum absolute atomic E-state index is 0. The molecule has 0 aromatic heterocycles. The minimum atomic E-state index is 0. The van der Waals surface area contributed by atoms with Crippen molar-refractivity contribution in [3.8, 4) is 11.5 Å². The van der Waals surface area contributed by atoms with Gasteiger partial charge >= 0.3 is 0 Å². The van der Waals surface area contributed by atoms with Gasteiger partial charge in [0.05, 0.1) is 6.26 Å². The van der Waals surface area contributed by atoms with Crippen molar-refractivity contribution in [3.63, 3.8) is 0 Å². The molecule has 1 heterocycles. The molecule has 0 bridgehead atoms. The third-order valence-electron chi connectivity index (χ3n) is 5.46. The molecule has 0 radical (unpaired) electrons. The molecule has 3 N–H and O–H groups in total. The highest BCUT2D eigenvalue weighted by atomic mass is 32.1. The van der Waals surface area contributed by atoms with E-state index in [0.29, 0.717) is 0 Å². The van der Waals surface area contributed by atoms with E-state index in [-0.39, 0.29) is 11.2 Å². The fourth-order valence-corrected chi connectivity index (χ4v) is 3.79. The molecule has 3 nitrogen and oxygen atoms in total. The maximum atomic E-state index is 9.53. The number of ether oxygens (including phenoxy) is 1. The van der Waals surface area contributed by atoms with Gasteiger partial charge < -0.3 is 15.3 Å². The van der Waals surface area contributed by atoms with Crippen LogP contribution in [0.3, 0.4) is 0 Å². The SMILES string of the molecule is C=C=C(CCc1ccc(O)cc1)/C(=C/C1=COc2ccc(C)cc2C1=C=C)CCC(C)=S.O. The zero-order valence-corrected chi connectivity index (χ0v) is 20.0. The topological polar surface area (TPSA) is 61.0 Å². The number of allylic oxidation sites excluding steroid dienone is 5. The van der Waals surface area contributed by atoms with Gasteiger partial charge in [0.15, 0.2) is 0 Å². The molecule has 4 heteroatoms. The number of rotatable bonds is 8. The molecule has 2 aromatic rings. The predicted molar refractivity (Wildman–Crippen MR) is 141 cm³/mol. The van der Waals surface area contributed by atoms with E-state index in [1.54, 1.807) is 18.4 Å². The molecule has 2 aromatic carbocycles. The molecule has 0 aliphatic carbocycles. The van der Waals surface area contributed by atoms with Crippen LogP contribution < -0.4 is 4.74 Å². The fraction of sp³-hybridized carbons (Fsp3) is 0.207. The average Bonchev–Trinajstić information content (AvgIpc) is 2.78. The van der Waals surface area contributed by atoms with E-state index < -0.39 is 0 Å². The van der Waals surface area contributed by atoms with E-state index in [2.05, 4.69) is 43.7 Å². The van der Waals surface area contributed by atoms with E-state index in [1.165, 1.54) is 0 Å². The number of phenols is 1. The summed E-state index contributed by atoms with van der Waals surface area (Å²) in [7, 11) is 0. The number of phenolic OH excluding ortho intramolecular Hbond substituents is 1. The minimum Gasteiger partial charge on any atom is -0.508 e. The van der Waals surface area contributed by atoms with E-state index in [4.69, 9.17) is 17.0 Å². The van der Waals surface area contributed by atoms with Crippen molar-refractivity contribution in [3.05, 3.63) is 113 Å². The summed E-state index contributed by atoms with van der Waals surface area (Å²) < 4.78 is 5.91. The Hall–Kier alpha value is -3.39. The van der Waals surface area contributed by atoms with E-state index in [0.717, 1.165) is 75.3 Å². The summed E-state index contributed by atoms with van der Waals surface area (Å²) in [5, 5.41) is 9.53. The lowest BCUT2D eigenvalue weighted by Gasteiger charge is -2.19. The summed E-state index contributed by atoms with van der Waals surface area (Å²) in [6.07, 6.45) is 7.10. The van der Waals surface area contributed by atoms with Gasteiger partial charge in [-0.3, -0.25) is 0 Å². The molecular weight excluding hydrogens is 428 g/mol. The van der Waals surface area contributed by atoms with Gasteiger partial charge in [-0.2, -0.15) is 0 Å². The Morgan fingerprint density at radius 1 is 1.09 bits per heavy atom. The quantitative estimate of drug-likeness (QED) is 0.270. The standard InChI is InChI=1S/C29H28O2S.H2O/c1-5-23(13-9-22-10-14-26(30)15-11-22)24(12-8-21(4)32)18-25-19-31-29-16-7-20(3)17-28(29)27(25)6-2;/h7,10-11,14-19,30H,1-2,8-9,12-13H2,3-4H3;1H2/b24-18+;. The lowest BCUT2D eigenvalue weighted by atomic mass is 9.89. The highest BCUT2D eigenvalue weighted by molar-refractivity contribution is 7.80. The van der Waals surface area contributed by atoms with Crippen LogP contribution in [0.1, 0.15) is 42.9 Å². The highest BCUT2D eigenvalue weighted by Crippen LogP contribution is 2.37. The Balaban J connectivity index is 0.00000385. The first-order valence-corrected chi connectivity index (χ1v) is 11.1. The smallest absolute Gasteiger partial charge is 0.135 e. The van der Waals surface area contributed by atoms with Gasteiger partial charge in [0.1, 0.15) is 11.5 Å². The third-order valence-corrected chi connectivity index (χ3v) is 5.66. The van der Waals surface area contributed by atoms with Crippen molar-refractivity contribution >= 4 is 22.7 Å². The normalized spacial score (nSPS) is 12.4. The van der Waals surface area contributed by atoms with Crippen LogP contribution in [0.15, 0.2) is 96.1 Å². The van der Waals surface area contributed by atoms with Crippen LogP contribution >= 0.6 is 12.2 Å². The summed E-state index contributed by atoms with van der Waals surface area (Å²) >= 11 is 5.34. The summed E-state index contributed by atoms with van der Waals surface area (Å²) in [5.74, 6) is 1.08. The summed E-state index contributed by atoms with van der Waals surface area (Å²) in [6, 6.07) is 13.4. The van der Waals surface area contributed by atoms with Gasteiger partial charge in [-0.25, -0.2) is 0 Å². The van der Waals surface area contributed by atoms with Crippen LogP contribution in [-0.2, 0) is 6.42 Å². The second-order valence-electron chi connectivity index (χ2n) is 7.94. The van der Waals surface area contributed by atoms with Gasteiger partial charge in [0.2, 0.25) is 0 Å². The second kappa shape index (κ2) is 12.0. The summed E-state index contributed by atoms with van der Waals surface area (Å²) in [5.41, 5.74) is 13.6. The Morgan fingerprint density at radius 3 is 2.45 bits per heavy atom. The molecule has 0 amide bonds. The van der Waals surface area contributed by atoms with Crippen molar-refractivity contribution in [2.24, 2.45) is 0 Å².